The van der Waals surface area contributed by atoms with E-state index in [1.165, 1.54) is 16.6 Å². The first-order chi connectivity index (χ1) is 11.3. The third-order valence-corrected chi connectivity index (χ3v) is 5.02. The molecule has 5 nitrogen and oxygen atoms in total. The average molecular weight is 313 g/mol. The maximum absolute atomic E-state index is 12.7. The number of amides is 1. The second kappa shape index (κ2) is 5.98. The molecule has 2 N–H and O–H groups in total. The van der Waals surface area contributed by atoms with Crippen LogP contribution in [0.2, 0.25) is 0 Å². The Morgan fingerprint density at radius 3 is 2.96 bits per heavy atom. The van der Waals surface area contributed by atoms with Crippen molar-refractivity contribution in [1.82, 2.24) is 14.8 Å². The van der Waals surface area contributed by atoms with Crippen molar-refractivity contribution in [3.8, 4) is 0 Å². The van der Waals surface area contributed by atoms with Gasteiger partial charge in [-0.05, 0) is 18.9 Å². The lowest BCUT2D eigenvalue weighted by Gasteiger charge is -2.30. The number of aromatic amines is 1. The van der Waals surface area contributed by atoms with Crippen molar-refractivity contribution < 1.29 is 9.90 Å². The van der Waals surface area contributed by atoms with Crippen LogP contribution in [0.1, 0.15) is 24.1 Å². The van der Waals surface area contributed by atoms with Gasteiger partial charge in [0.2, 0.25) is 5.91 Å². The van der Waals surface area contributed by atoms with Crippen molar-refractivity contribution in [2.75, 3.05) is 26.2 Å². The molecule has 1 aliphatic heterocycles. The third-order valence-electron chi connectivity index (χ3n) is 5.02. The Kier molecular flexibility index (Phi) is 3.83. The van der Waals surface area contributed by atoms with E-state index in [2.05, 4.69) is 22.0 Å². The minimum atomic E-state index is 0.121. The van der Waals surface area contributed by atoms with E-state index >= 15 is 0 Å². The molecule has 23 heavy (non-hydrogen) atoms. The first-order valence-corrected chi connectivity index (χ1v) is 8.47. The molecule has 0 saturated heterocycles. The fraction of sp³-hybridized carbons (Fsp3) is 0.500. The number of hydrogen-bond donors (Lipinski definition) is 2. The molecule has 5 heteroatoms. The zero-order valence-electron chi connectivity index (χ0n) is 13.3. The number of aromatic nitrogens is 1. The van der Waals surface area contributed by atoms with E-state index in [1.54, 1.807) is 0 Å². The fourth-order valence-corrected chi connectivity index (χ4v) is 3.61. The van der Waals surface area contributed by atoms with Gasteiger partial charge in [-0.3, -0.25) is 9.69 Å². The average Bonchev–Trinajstić information content (AvgIpc) is 3.35. The smallest absolute Gasteiger partial charge is 0.237 e. The summed E-state index contributed by atoms with van der Waals surface area (Å²) in [4.78, 5) is 20.3. The van der Waals surface area contributed by atoms with Crippen LogP contribution < -0.4 is 0 Å². The highest BCUT2D eigenvalue weighted by Crippen LogP contribution is 2.29. The number of aliphatic hydroxyl groups excluding tert-OH is 1. The summed E-state index contributed by atoms with van der Waals surface area (Å²) in [6, 6.07) is 8.80. The van der Waals surface area contributed by atoms with E-state index in [0.717, 1.165) is 31.3 Å². The Bertz CT molecular complexity index is 720. The van der Waals surface area contributed by atoms with Crippen molar-refractivity contribution in [3.63, 3.8) is 0 Å². The topological polar surface area (TPSA) is 59.6 Å². The molecular weight excluding hydrogens is 290 g/mol. The molecule has 2 aromatic rings. The first-order valence-electron chi connectivity index (χ1n) is 8.47. The van der Waals surface area contributed by atoms with Crippen LogP contribution in [0.4, 0.5) is 0 Å². The number of fused-ring (bicyclic) bond motifs is 3. The van der Waals surface area contributed by atoms with Crippen LogP contribution in [0.25, 0.3) is 10.9 Å². The highest BCUT2D eigenvalue weighted by molar-refractivity contribution is 5.86. The van der Waals surface area contributed by atoms with E-state index in [1.807, 2.05) is 17.0 Å². The van der Waals surface area contributed by atoms with Gasteiger partial charge >= 0.3 is 0 Å². The van der Waals surface area contributed by atoms with E-state index in [9.17, 15) is 9.90 Å². The molecule has 0 unspecified atom stereocenters. The molecule has 1 aliphatic carbocycles. The SMILES string of the molecule is O=C(CN(CCO)C1CC1)N1CCc2[nH]c3ccccc3c2C1. The number of nitrogens with one attached hydrogen (secondary N) is 1. The van der Waals surface area contributed by atoms with E-state index in [-0.39, 0.29) is 12.5 Å². The molecule has 4 rings (SSSR count). The van der Waals surface area contributed by atoms with Gasteiger partial charge in [0.1, 0.15) is 0 Å². The van der Waals surface area contributed by atoms with Gasteiger partial charge < -0.3 is 15.0 Å². The van der Waals surface area contributed by atoms with Gasteiger partial charge in [0.15, 0.2) is 0 Å². The number of hydrogen-bond acceptors (Lipinski definition) is 3. The van der Waals surface area contributed by atoms with Crippen molar-refractivity contribution >= 4 is 16.8 Å². The summed E-state index contributed by atoms with van der Waals surface area (Å²) < 4.78 is 0. The van der Waals surface area contributed by atoms with Gasteiger partial charge in [0.25, 0.3) is 0 Å². The summed E-state index contributed by atoms with van der Waals surface area (Å²) in [5.41, 5.74) is 3.69. The normalized spacial score (nSPS) is 17.7. The third kappa shape index (κ3) is 2.86. The molecule has 2 aliphatic rings. The Labute approximate surface area is 135 Å². The van der Waals surface area contributed by atoms with Gasteiger partial charge in [-0.2, -0.15) is 0 Å². The highest BCUT2D eigenvalue weighted by atomic mass is 16.3. The van der Waals surface area contributed by atoms with E-state index < -0.39 is 0 Å². The summed E-state index contributed by atoms with van der Waals surface area (Å²) in [5, 5.41) is 10.4. The molecule has 1 saturated carbocycles. The lowest BCUT2D eigenvalue weighted by Crippen LogP contribution is -2.44. The fourth-order valence-electron chi connectivity index (χ4n) is 3.61. The number of nitrogens with zero attached hydrogens (tertiary/aromatic N) is 2. The van der Waals surface area contributed by atoms with E-state index in [0.29, 0.717) is 25.7 Å². The Balaban J connectivity index is 1.49. The molecule has 0 radical (unpaired) electrons. The van der Waals surface area contributed by atoms with Crippen LogP contribution in [0.15, 0.2) is 24.3 Å². The summed E-state index contributed by atoms with van der Waals surface area (Å²) in [7, 11) is 0. The molecule has 2 heterocycles. The number of carbonyl (C=O) groups excluding carboxylic acids is 1. The Hall–Kier alpha value is -1.85. The number of benzene rings is 1. The predicted molar refractivity (Wildman–Crippen MR) is 89.1 cm³/mol. The molecule has 1 amide bonds. The second-order valence-corrected chi connectivity index (χ2v) is 6.62. The van der Waals surface area contributed by atoms with Gasteiger partial charge in [-0.15, -0.1) is 0 Å². The van der Waals surface area contributed by atoms with Crippen LogP contribution >= 0.6 is 0 Å². The number of H-pyrrole nitrogens is 1. The van der Waals surface area contributed by atoms with Crippen molar-refractivity contribution in [3.05, 3.63) is 35.5 Å². The number of aliphatic hydroxyl groups is 1. The van der Waals surface area contributed by atoms with Crippen LogP contribution in [0, 0.1) is 0 Å². The molecule has 0 bridgehead atoms. The zero-order valence-corrected chi connectivity index (χ0v) is 13.3. The molecule has 1 fully saturated rings. The molecule has 0 spiro atoms. The van der Waals surface area contributed by atoms with Crippen molar-refractivity contribution in [1.29, 1.82) is 0 Å². The van der Waals surface area contributed by atoms with Crippen LogP contribution in [-0.2, 0) is 17.8 Å². The second-order valence-electron chi connectivity index (χ2n) is 6.62. The monoisotopic (exact) mass is 313 g/mol. The summed E-state index contributed by atoms with van der Waals surface area (Å²) in [5.74, 6) is 0.182. The molecule has 1 aromatic carbocycles. The van der Waals surface area contributed by atoms with Crippen LogP contribution in [0.3, 0.4) is 0 Å². The lowest BCUT2D eigenvalue weighted by atomic mass is 10.0. The predicted octanol–water partition coefficient (Wildman–Crippen LogP) is 1.51. The standard InChI is InChI=1S/C18H23N3O2/c22-10-9-20(13-5-6-13)12-18(23)21-8-7-17-15(11-21)14-3-1-2-4-16(14)19-17/h1-4,13,19,22H,5-12H2. The Morgan fingerprint density at radius 1 is 1.35 bits per heavy atom. The quantitative estimate of drug-likeness (QED) is 0.880. The van der Waals surface area contributed by atoms with Crippen molar-refractivity contribution in [2.24, 2.45) is 0 Å². The minimum Gasteiger partial charge on any atom is -0.395 e. The van der Waals surface area contributed by atoms with Crippen LogP contribution in [-0.4, -0.2) is 58.1 Å². The minimum absolute atomic E-state index is 0.121. The molecule has 0 atom stereocenters. The maximum Gasteiger partial charge on any atom is 0.237 e. The number of para-hydroxylation sites is 1. The molecule has 1 aromatic heterocycles. The first kappa shape index (κ1) is 14.7. The summed E-state index contributed by atoms with van der Waals surface area (Å²) in [6.45, 7) is 2.62. The largest absolute Gasteiger partial charge is 0.395 e. The van der Waals surface area contributed by atoms with Gasteiger partial charge in [0.05, 0.1) is 13.2 Å². The van der Waals surface area contributed by atoms with E-state index in [4.69, 9.17) is 0 Å². The molecular formula is C18H23N3O2. The summed E-state index contributed by atoms with van der Waals surface area (Å²) >= 11 is 0. The summed E-state index contributed by atoms with van der Waals surface area (Å²) in [6.07, 6.45) is 3.19. The van der Waals surface area contributed by atoms with Gasteiger partial charge in [-0.25, -0.2) is 0 Å². The number of carbonyl (C=O) groups is 1. The Morgan fingerprint density at radius 2 is 2.17 bits per heavy atom. The van der Waals surface area contributed by atoms with Crippen LogP contribution in [0.5, 0.6) is 0 Å². The number of rotatable bonds is 5. The van der Waals surface area contributed by atoms with Crippen molar-refractivity contribution in [2.45, 2.75) is 31.8 Å². The molecule has 122 valence electrons. The lowest BCUT2D eigenvalue weighted by molar-refractivity contribution is -0.133. The van der Waals surface area contributed by atoms with Gasteiger partial charge in [-0.1, -0.05) is 18.2 Å². The highest BCUT2D eigenvalue weighted by Gasteiger charge is 2.32. The zero-order chi connectivity index (χ0) is 15.8. The van der Waals surface area contributed by atoms with Gasteiger partial charge in [0, 0.05) is 54.3 Å². The maximum atomic E-state index is 12.7.